The van der Waals surface area contributed by atoms with Crippen LogP contribution in [0, 0.1) is 0 Å². The van der Waals surface area contributed by atoms with Crippen LogP contribution in [0.1, 0.15) is 16.1 Å². The highest BCUT2D eigenvalue weighted by Crippen LogP contribution is 2.30. The number of aromatic nitrogens is 2. The number of amides is 2. The molecule has 146 valence electrons. The van der Waals surface area contributed by atoms with E-state index in [0.29, 0.717) is 32.7 Å². The van der Waals surface area contributed by atoms with E-state index in [1.165, 1.54) is 18.2 Å². The second-order valence-corrected chi connectivity index (χ2v) is 7.46. The molecule has 1 heterocycles. The molecule has 2 aromatic carbocycles. The maximum Gasteiger partial charge on any atom is 0.416 e. The van der Waals surface area contributed by atoms with Crippen molar-refractivity contribution < 1.29 is 18.0 Å². The Morgan fingerprint density at radius 2 is 1.71 bits per heavy atom. The predicted octanol–water partition coefficient (Wildman–Crippen LogP) is 6.10. The molecule has 2 amide bonds. The third kappa shape index (κ3) is 5.34. The summed E-state index contributed by atoms with van der Waals surface area (Å²) in [6.45, 7) is 0. The zero-order chi connectivity index (χ0) is 20.3. The lowest BCUT2D eigenvalue weighted by Gasteiger charge is -2.06. The molecule has 0 unspecified atom stereocenters. The highest BCUT2D eigenvalue weighted by atomic mass is 35.5. The summed E-state index contributed by atoms with van der Waals surface area (Å²) in [6, 6.07) is 8.88. The van der Waals surface area contributed by atoms with E-state index in [1.807, 2.05) is 0 Å². The van der Waals surface area contributed by atoms with Crippen molar-refractivity contribution in [1.29, 1.82) is 0 Å². The van der Waals surface area contributed by atoms with Crippen LogP contribution in [-0.4, -0.2) is 16.2 Å². The van der Waals surface area contributed by atoms with E-state index in [0.717, 1.165) is 23.5 Å². The van der Waals surface area contributed by atoms with Gasteiger partial charge in [-0.3, -0.25) is 5.32 Å². The zero-order valence-corrected chi connectivity index (χ0v) is 16.2. The predicted molar refractivity (Wildman–Crippen MR) is 103 cm³/mol. The van der Waals surface area contributed by atoms with Crippen LogP contribution in [-0.2, 0) is 12.6 Å². The number of alkyl halides is 3. The summed E-state index contributed by atoms with van der Waals surface area (Å²) in [5, 5.41) is 14.4. The minimum Gasteiger partial charge on any atom is -0.308 e. The summed E-state index contributed by atoms with van der Waals surface area (Å²) in [5.74, 6) is 0. The Morgan fingerprint density at radius 1 is 1.00 bits per heavy atom. The molecule has 3 aromatic rings. The van der Waals surface area contributed by atoms with Gasteiger partial charge in [-0.2, -0.15) is 13.2 Å². The first-order chi connectivity index (χ1) is 13.2. The van der Waals surface area contributed by atoms with Crippen molar-refractivity contribution in [2.24, 2.45) is 0 Å². The summed E-state index contributed by atoms with van der Waals surface area (Å²) in [4.78, 5) is 12.0. The van der Waals surface area contributed by atoms with Gasteiger partial charge < -0.3 is 5.32 Å². The molecule has 0 saturated heterocycles. The smallest absolute Gasteiger partial charge is 0.308 e. The molecule has 0 aliphatic rings. The molecular weight excluding hydrogens is 436 g/mol. The number of hydrogen-bond donors (Lipinski definition) is 2. The number of nitrogens with zero attached hydrogens (tertiary/aromatic N) is 2. The van der Waals surface area contributed by atoms with E-state index in [-0.39, 0.29) is 5.13 Å². The van der Waals surface area contributed by atoms with Crippen molar-refractivity contribution in [3.63, 3.8) is 0 Å². The Kier molecular flexibility index (Phi) is 6.07. The lowest BCUT2D eigenvalue weighted by molar-refractivity contribution is -0.137. The van der Waals surface area contributed by atoms with Gasteiger partial charge in [0.1, 0.15) is 5.01 Å². The van der Waals surface area contributed by atoms with Gasteiger partial charge in [0.2, 0.25) is 5.13 Å². The van der Waals surface area contributed by atoms with Gasteiger partial charge in [-0.05, 0) is 35.9 Å². The highest BCUT2D eigenvalue weighted by Gasteiger charge is 2.29. The molecule has 0 bridgehead atoms. The molecule has 1 aromatic heterocycles. The first-order valence-corrected chi connectivity index (χ1v) is 9.29. The molecule has 0 spiro atoms. The number of benzene rings is 2. The van der Waals surface area contributed by atoms with Crippen LogP contribution in [0.4, 0.5) is 28.8 Å². The fourth-order valence-corrected chi connectivity index (χ4v) is 3.26. The quantitative estimate of drug-likeness (QED) is 0.508. The monoisotopic (exact) mass is 446 g/mol. The average Bonchev–Trinajstić information content (AvgIpc) is 3.04. The number of anilines is 2. The molecule has 0 aliphatic heterocycles. The topological polar surface area (TPSA) is 66.9 Å². The van der Waals surface area contributed by atoms with Gasteiger partial charge in [0.15, 0.2) is 0 Å². The standard InChI is InChI=1S/C17H11Cl2F3N4OS/c18-12-6-5-11(8-13(12)19)23-15(27)24-16-26-25-14(28-16)7-9-1-3-10(4-2-9)17(20,21)22/h1-6,8H,7H2,(H2,23,24,26,27). The zero-order valence-electron chi connectivity index (χ0n) is 13.8. The Balaban J connectivity index is 1.59. The minimum absolute atomic E-state index is 0.250. The molecule has 5 nitrogen and oxygen atoms in total. The van der Waals surface area contributed by atoms with Crippen molar-refractivity contribution in [3.8, 4) is 0 Å². The highest BCUT2D eigenvalue weighted by molar-refractivity contribution is 7.15. The number of rotatable bonds is 4. The molecule has 0 saturated carbocycles. The van der Waals surface area contributed by atoms with Crippen LogP contribution in [0.25, 0.3) is 0 Å². The molecule has 11 heteroatoms. The summed E-state index contributed by atoms with van der Waals surface area (Å²) in [5.41, 5.74) is 0.382. The number of carbonyl (C=O) groups excluding carboxylic acids is 1. The van der Waals surface area contributed by atoms with Gasteiger partial charge in [0, 0.05) is 12.1 Å². The Labute approximate surface area is 171 Å². The molecule has 28 heavy (non-hydrogen) atoms. The molecule has 0 radical (unpaired) electrons. The van der Waals surface area contributed by atoms with Crippen LogP contribution >= 0.6 is 34.5 Å². The van der Waals surface area contributed by atoms with Crippen LogP contribution in [0.3, 0.4) is 0 Å². The first kappa shape index (κ1) is 20.4. The van der Waals surface area contributed by atoms with Crippen molar-refractivity contribution in [2.45, 2.75) is 12.6 Å². The van der Waals surface area contributed by atoms with Crippen molar-refractivity contribution in [2.75, 3.05) is 10.6 Å². The molecular formula is C17H11Cl2F3N4OS. The summed E-state index contributed by atoms with van der Waals surface area (Å²) < 4.78 is 37.8. The Hall–Kier alpha value is -2.36. The molecule has 0 fully saturated rings. The maximum absolute atomic E-state index is 12.6. The van der Waals surface area contributed by atoms with Crippen LogP contribution in [0.15, 0.2) is 42.5 Å². The minimum atomic E-state index is -4.37. The molecule has 3 rings (SSSR count). The third-order valence-corrected chi connectivity index (χ3v) is 5.08. The normalized spacial score (nSPS) is 11.3. The van der Waals surface area contributed by atoms with Gasteiger partial charge in [-0.25, -0.2) is 4.79 Å². The number of urea groups is 1. The van der Waals surface area contributed by atoms with E-state index in [2.05, 4.69) is 20.8 Å². The largest absolute Gasteiger partial charge is 0.416 e. The van der Waals surface area contributed by atoms with E-state index in [4.69, 9.17) is 23.2 Å². The summed E-state index contributed by atoms with van der Waals surface area (Å²) >= 11 is 12.8. The van der Waals surface area contributed by atoms with E-state index in [1.54, 1.807) is 12.1 Å². The van der Waals surface area contributed by atoms with Crippen molar-refractivity contribution in [1.82, 2.24) is 10.2 Å². The van der Waals surface area contributed by atoms with Gasteiger partial charge in [0.25, 0.3) is 0 Å². The molecule has 0 atom stereocenters. The van der Waals surface area contributed by atoms with Crippen LogP contribution in [0.2, 0.25) is 10.0 Å². The fourth-order valence-electron chi connectivity index (χ4n) is 2.20. The average molecular weight is 447 g/mol. The first-order valence-electron chi connectivity index (χ1n) is 7.72. The van der Waals surface area contributed by atoms with E-state index >= 15 is 0 Å². The SMILES string of the molecule is O=C(Nc1ccc(Cl)c(Cl)c1)Nc1nnc(Cc2ccc(C(F)(F)F)cc2)s1. The second-order valence-electron chi connectivity index (χ2n) is 5.58. The van der Waals surface area contributed by atoms with E-state index < -0.39 is 17.8 Å². The molecule has 2 N–H and O–H groups in total. The fraction of sp³-hybridized carbons (Fsp3) is 0.118. The van der Waals surface area contributed by atoms with Gasteiger partial charge in [-0.1, -0.05) is 46.7 Å². The third-order valence-electron chi connectivity index (χ3n) is 3.50. The van der Waals surface area contributed by atoms with Gasteiger partial charge in [0.05, 0.1) is 15.6 Å². The Morgan fingerprint density at radius 3 is 2.36 bits per heavy atom. The van der Waals surface area contributed by atoms with Crippen molar-refractivity contribution in [3.05, 3.63) is 68.6 Å². The maximum atomic E-state index is 12.6. The molecule has 0 aliphatic carbocycles. The van der Waals surface area contributed by atoms with Crippen molar-refractivity contribution >= 4 is 51.4 Å². The lowest BCUT2D eigenvalue weighted by Crippen LogP contribution is -2.19. The lowest BCUT2D eigenvalue weighted by atomic mass is 10.1. The van der Waals surface area contributed by atoms with Gasteiger partial charge in [-0.15, -0.1) is 10.2 Å². The number of carbonyl (C=O) groups is 1. The van der Waals surface area contributed by atoms with Crippen LogP contribution < -0.4 is 10.6 Å². The number of hydrogen-bond acceptors (Lipinski definition) is 4. The number of nitrogens with one attached hydrogen (secondary N) is 2. The summed E-state index contributed by atoms with van der Waals surface area (Å²) in [7, 11) is 0. The van der Waals surface area contributed by atoms with Crippen LogP contribution in [0.5, 0.6) is 0 Å². The van der Waals surface area contributed by atoms with E-state index in [9.17, 15) is 18.0 Å². The number of halogens is 5. The second kappa shape index (κ2) is 8.34. The van der Waals surface area contributed by atoms with Gasteiger partial charge >= 0.3 is 12.2 Å². The Bertz CT molecular complexity index is 993. The summed E-state index contributed by atoms with van der Waals surface area (Å²) in [6.07, 6.45) is -4.08.